The molecule has 3 nitrogen and oxygen atoms in total. The van der Waals surface area contributed by atoms with E-state index in [4.69, 9.17) is 5.73 Å². The number of carbonyl (C=O) groups excluding carboxylic acids is 1. The lowest BCUT2D eigenvalue weighted by Crippen LogP contribution is -2.27. The quantitative estimate of drug-likeness (QED) is 0.637. The lowest BCUT2D eigenvalue weighted by molar-refractivity contribution is -0.121. The molecule has 0 saturated heterocycles. The van der Waals surface area contributed by atoms with Gasteiger partial charge in [-0.2, -0.15) is 0 Å². The fraction of sp³-hybridized carbons (Fsp3) is 0.778. The molecule has 3 N–H and O–H groups in total. The van der Waals surface area contributed by atoms with Gasteiger partial charge in [0.25, 0.3) is 0 Å². The van der Waals surface area contributed by atoms with Crippen molar-refractivity contribution >= 4 is 23.1 Å². The highest BCUT2D eigenvalue weighted by molar-refractivity contribution is 7.80. The Bertz CT molecular complexity index is 180. The molecule has 0 aromatic carbocycles. The Kier molecular flexibility index (Phi) is 6.49. The molecular weight excluding hydrogens is 184 g/mol. The second kappa shape index (κ2) is 6.83. The van der Waals surface area contributed by atoms with Crippen molar-refractivity contribution in [3.05, 3.63) is 0 Å². The first-order valence-electron chi connectivity index (χ1n) is 4.57. The highest BCUT2D eigenvalue weighted by Gasteiger charge is 2.02. The molecule has 0 aliphatic rings. The molecule has 1 amide bonds. The van der Waals surface area contributed by atoms with E-state index in [0.29, 0.717) is 30.3 Å². The van der Waals surface area contributed by atoms with Crippen molar-refractivity contribution in [1.29, 1.82) is 0 Å². The molecule has 0 rings (SSSR count). The third-order valence-corrected chi connectivity index (χ3v) is 1.85. The van der Waals surface area contributed by atoms with Crippen molar-refractivity contribution in [3.8, 4) is 0 Å². The van der Waals surface area contributed by atoms with Crippen molar-refractivity contribution in [1.82, 2.24) is 5.32 Å². The van der Waals surface area contributed by atoms with E-state index in [0.717, 1.165) is 6.42 Å². The van der Waals surface area contributed by atoms with Crippen molar-refractivity contribution in [2.75, 3.05) is 6.54 Å². The van der Waals surface area contributed by atoms with Gasteiger partial charge in [-0.1, -0.05) is 26.1 Å². The molecule has 0 aliphatic heterocycles. The van der Waals surface area contributed by atoms with Gasteiger partial charge in [0, 0.05) is 19.4 Å². The lowest BCUT2D eigenvalue weighted by Gasteiger charge is -2.05. The highest BCUT2D eigenvalue weighted by atomic mass is 32.1. The van der Waals surface area contributed by atoms with Crippen LogP contribution in [0.1, 0.15) is 33.1 Å². The number of amides is 1. The van der Waals surface area contributed by atoms with Crippen LogP contribution in [0.15, 0.2) is 0 Å². The molecule has 0 aromatic rings. The van der Waals surface area contributed by atoms with Gasteiger partial charge in [-0.15, -0.1) is 0 Å². The standard InChI is InChI=1S/C9H18N2OS/c1-7(2)3-4-9(12)11-6-5-8(10)13/h7H,3-6H2,1-2H3,(H2,10,13)(H,11,12). The van der Waals surface area contributed by atoms with E-state index in [2.05, 4.69) is 31.4 Å². The number of hydrogen-bond donors (Lipinski definition) is 2. The van der Waals surface area contributed by atoms with Crippen LogP contribution in [0.3, 0.4) is 0 Å². The molecular formula is C9H18N2OS. The molecule has 0 saturated carbocycles. The molecule has 4 heteroatoms. The smallest absolute Gasteiger partial charge is 0.220 e. The number of nitrogens with two attached hydrogens (primary N) is 1. The van der Waals surface area contributed by atoms with Gasteiger partial charge in [0.2, 0.25) is 5.91 Å². The highest BCUT2D eigenvalue weighted by Crippen LogP contribution is 2.02. The topological polar surface area (TPSA) is 55.1 Å². The maximum atomic E-state index is 11.1. The van der Waals surface area contributed by atoms with Crippen LogP contribution in [-0.4, -0.2) is 17.4 Å². The molecule has 0 spiro atoms. The van der Waals surface area contributed by atoms with Gasteiger partial charge in [0.15, 0.2) is 0 Å². The SMILES string of the molecule is CC(C)CCC(=O)NCCC(N)=S. The summed E-state index contributed by atoms with van der Waals surface area (Å²) in [6.45, 7) is 4.76. The van der Waals surface area contributed by atoms with E-state index in [1.54, 1.807) is 0 Å². The minimum atomic E-state index is 0.0879. The minimum Gasteiger partial charge on any atom is -0.393 e. The van der Waals surface area contributed by atoms with Crippen LogP contribution in [0.4, 0.5) is 0 Å². The van der Waals surface area contributed by atoms with Gasteiger partial charge >= 0.3 is 0 Å². The van der Waals surface area contributed by atoms with Gasteiger partial charge in [-0.25, -0.2) is 0 Å². The zero-order chi connectivity index (χ0) is 10.3. The Hall–Kier alpha value is -0.640. The molecule has 0 bridgehead atoms. The van der Waals surface area contributed by atoms with E-state index in [1.165, 1.54) is 0 Å². The van der Waals surface area contributed by atoms with Crippen LogP contribution in [0.2, 0.25) is 0 Å². The van der Waals surface area contributed by atoms with Crippen LogP contribution < -0.4 is 11.1 Å². The number of hydrogen-bond acceptors (Lipinski definition) is 2. The first kappa shape index (κ1) is 12.4. The summed E-state index contributed by atoms with van der Waals surface area (Å²) in [4.78, 5) is 11.6. The molecule has 0 heterocycles. The summed E-state index contributed by atoms with van der Waals surface area (Å²) < 4.78 is 0. The molecule has 76 valence electrons. The van der Waals surface area contributed by atoms with E-state index in [9.17, 15) is 4.79 Å². The Balaban J connectivity index is 3.35. The van der Waals surface area contributed by atoms with Gasteiger partial charge in [0.1, 0.15) is 0 Å². The van der Waals surface area contributed by atoms with Gasteiger partial charge in [-0.3, -0.25) is 4.79 Å². The van der Waals surface area contributed by atoms with Crippen LogP contribution in [0.25, 0.3) is 0 Å². The molecule has 0 aliphatic carbocycles. The molecule has 0 aromatic heterocycles. The Morgan fingerprint density at radius 2 is 2.08 bits per heavy atom. The molecule has 0 unspecified atom stereocenters. The molecule has 13 heavy (non-hydrogen) atoms. The molecule has 0 radical (unpaired) electrons. The molecule has 0 fully saturated rings. The number of nitrogens with one attached hydrogen (secondary N) is 1. The Labute approximate surface area is 85.1 Å². The fourth-order valence-corrected chi connectivity index (χ4v) is 0.935. The summed E-state index contributed by atoms with van der Waals surface area (Å²) in [6, 6.07) is 0. The summed E-state index contributed by atoms with van der Waals surface area (Å²) in [5.74, 6) is 0.659. The van der Waals surface area contributed by atoms with Crippen molar-refractivity contribution < 1.29 is 4.79 Å². The van der Waals surface area contributed by atoms with Crippen LogP contribution in [0.5, 0.6) is 0 Å². The van der Waals surface area contributed by atoms with Crippen molar-refractivity contribution in [2.45, 2.75) is 33.1 Å². The first-order valence-corrected chi connectivity index (χ1v) is 4.98. The average Bonchev–Trinajstić information content (AvgIpc) is 2.00. The number of rotatable bonds is 6. The van der Waals surface area contributed by atoms with Crippen molar-refractivity contribution in [3.63, 3.8) is 0 Å². The normalized spacial score (nSPS) is 10.1. The van der Waals surface area contributed by atoms with Crippen LogP contribution in [0, 0.1) is 5.92 Å². The Morgan fingerprint density at radius 3 is 2.54 bits per heavy atom. The van der Waals surface area contributed by atoms with E-state index in [-0.39, 0.29) is 5.91 Å². The van der Waals surface area contributed by atoms with Crippen molar-refractivity contribution in [2.24, 2.45) is 11.7 Å². The largest absolute Gasteiger partial charge is 0.393 e. The third kappa shape index (κ3) is 9.27. The third-order valence-electron chi connectivity index (χ3n) is 1.64. The molecule has 0 atom stereocenters. The van der Waals surface area contributed by atoms with E-state index < -0.39 is 0 Å². The van der Waals surface area contributed by atoms with Gasteiger partial charge in [-0.05, 0) is 12.3 Å². The minimum absolute atomic E-state index is 0.0879. The second-order valence-electron chi connectivity index (χ2n) is 3.50. The Morgan fingerprint density at radius 1 is 1.46 bits per heavy atom. The van der Waals surface area contributed by atoms with Crippen LogP contribution >= 0.6 is 12.2 Å². The number of carbonyl (C=O) groups is 1. The zero-order valence-electron chi connectivity index (χ0n) is 8.30. The summed E-state index contributed by atoms with van der Waals surface area (Å²) >= 11 is 4.68. The maximum absolute atomic E-state index is 11.1. The predicted octanol–water partition coefficient (Wildman–Crippen LogP) is 1.22. The summed E-state index contributed by atoms with van der Waals surface area (Å²) in [6.07, 6.45) is 2.11. The fourth-order valence-electron chi connectivity index (χ4n) is 0.833. The maximum Gasteiger partial charge on any atom is 0.220 e. The summed E-state index contributed by atoms with van der Waals surface area (Å²) in [5, 5.41) is 2.76. The van der Waals surface area contributed by atoms with Crippen LogP contribution in [-0.2, 0) is 4.79 Å². The number of thiocarbonyl (C=S) groups is 1. The monoisotopic (exact) mass is 202 g/mol. The van der Waals surface area contributed by atoms with E-state index >= 15 is 0 Å². The van der Waals surface area contributed by atoms with Gasteiger partial charge in [0.05, 0.1) is 4.99 Å². The second-order valence-corrected chi connectivity index (χ2v) is 4.02. The first-order chi connectivity index (χ1) is 6.02. The average molecular weight is 202 g/mol. The zero-order valence-corrected chi connectivity index (χ0v) is 9.12. The van der Waals surface area contributed by atoms with E-state index in [1.807, 2.05) is 0 Å². The predicted molar refractivity (Wildman–Crippen MR) is 58.5 cm³/mol. The van der Waals surface area contributed by atoms with Gasteiger partial charge < -0.3 is 11.1 Å². The summed E-state index contributed by atoms with van der Waals surface area (Å²) in [7, 11) is 0. The lowest BCUT2D eigenvalue weighted by atomic mass is 10.1. The summed E-state index contributed by atoms with van der Waals surface area (Å²) in [5.41, 5.74) is 5.28.